The maximum atomic E-state index is 12.0. The van der Waals surface area contributed by atoms with Gasteiger partial charge in [0, 0.05) is 12.4 Å². The van der Waals surface area contributed by atoms with Gasteiger partial charge in [-0.2, -0.15) is 0 Å². The highest BCUT2D eigenvalue weighted by Crippen LogP contribution is 2.19. The Hall–Kier alpha value is -1.73. The molecule has 1 N–H and O–H groups in total. The molecule has 0 saturated carbocycles. The fourth-order valence-electron chi connectivity index (χ4n) is 1.18. The van der Waals surface area contributed by atoms with E-state index in [1.165, 1.54) is 30.9 Å². The fraction of sp³-hybridized carbons (Fsp3) is 0.100. The molecule has 0 amide bonds. The number of sulfonamides is 1. The minimum absolute atomic E-state index is 0.0169. The number of pyridine rings is 1. The van der Waals surface area contributed by atoms with Gasteiger partial charge < -0.3 is 0 Å². The van der Waals surface area contributed by atoms with E-state index in [0.29, 0.717) is 10.7 Å². The first-order valence-corrected chi connectivity index (χ1v) is 6.76. The number of nitrogens with zero attached hydrogens (tertiary/aromatic N) is 3. The molecule has 0 spiro atoms. The number of hydrogen-bond donors (Lipinski definition) is 1. The van der Waals surface area contributed by atoms with E-state index in [9.17, 15) is 8.42 Å². The molecule has 8 heteroatoms. The van der Waals surface area contributed by atoms with Crippen LogP contribution in [0, 0.1) is 6.92 Å². The lowest BCUT2D eigenvalue weighted by atomic mass is 10.4. The molecule has 2 aromatic rings. The summed E-state index contributed by atoms with van der Waals surface area (Å²) in [4.78, 5) is 11.4. The number of hydrogen-bond acceptors (Lipinski definition) is 5. The first kappa shape index (κ1) is 12.7. The molecule has 0 saturated heterocycles. The number of anilines is 1. The van der Waals surface area contributed by atoms with E-state index in [-0.39, 0.29) is 10.7 Å². The van der Waals surface area contributed by atoms with Gasteiger partial charge in [0.25, 0.3) is 10.0 Å². The third-order valence-electron chi connectivity index (χ3n) is 2.13. The molecule has 0 bridgehead atoms. The van der Waals surface area contributed by atoms with Gasteiger partial charge in [0.15, 0.2) is 0 Å². The van der Waals surface area contributed by atoms with Crippen molar-refractivity contribution in [2.24, 2.45) is 0 Å². The molecule has 0 atom stereocenters. The van der Waals surface area contributed by atoms with Crippen molar-refractivity contribution >= 4 is 27.4 Å². The molecule has 0 aliphatic heterocycles. The molecule has 2 rings (SSSR count). The summed E-state index contributed by atoms with van der Waals surface area (Å²) in [5.74, 6) is 0.182. The highest BCUT2D eigenvalue weighted by molar-refractivity contribution is 7.92. The average molecular weight is 285 g/mol. The van der Waals surface area contributed by atoms with Crippen LogP contribution in [-0.2, 0) is 10.0 Å². The normalized spacial score (nSPS) is 11.2. The third-order valence-corrected chi connectivity index (χ3v) is 3.84. The van der Waals surface area contributed by atoms with Crippen LogP contribution in [0.2, 0.25) is 5.02 Å². The first-order valence-electron chi connectivity index (χ1n) is 4.90. The standard InChI is InChI=1S/C10H9ClN4O2S/c1-7-9(11)4-8(5-13-7)18(16,17)15-10-2-3-12-6-14-10/h2-6H,1H3,(H,12,14,15). The van der Waals surface area contributed by atoms with Crippen molar-refractivity contribution in [2.75, 3.05) is 4.72 Å². The Balaban J connectivity index is 2.34. The summed E-state index contributed by atoms with van der Waals surface area (Å²) >= 11 is 5.84. The number of nitrogens with one attached hydrogen (secondary N) is 1. The molecule has 18 heavy (non-hydrogen) atoms. The number of aromatic nitrogens is 3. The van der Waals surface area contributed by atoms with Gasteiger partial charge in [-0.05, 0) is 19.1 Å². The maximum absolute atomic E-state index is 12.0. The van der Waals surface area contributed by atoms with Crippen LogP contribution in [0.4, 0.5) is 5.82 Å². The predicted molar refractivity (Wildman–Crippen MR) is 66.8 cm³/mol. The maximum Gasteiger partial charge on any atom is 0.264 e. The number of rotatable bonds is 3. The van der Waals surface area contributed by atoms with Crippen LogP contribution in [0.25, 0.3) is 0 Å². The van der Waals surface area contributed by atoms with E-state index in [1.54, 1.807) is 6.92 Å². The fourth-order valence-corrected chi connectivity index (χ4v) is 2.39. The van der Waals surface area contributed by atoms with E-state index in [1.807, 2.05) is 0 Å². The number of halogens is 1. The van der Waals surface area contributed by atoms with Crippen LogP contribution >= 0.6 is 11.6 Å². The molecule has 0 aromatic carbocycles. The molecule has 0 aliphatic carbocycles. The summed E-state index contributed by atoms with van der Waals surface area (Å²) in [7, 11) is -3.74. The Kier molecular flexibility index (Phi) is 3.44. The topological polar surface area (TPSA) is 84.8 Å². The minimum Gasteiger partial charge on any atom is -0.263 e. The summed E-state index contributed by atoms with van der Waals surface area (Å²) in [6.45, 7) is 1.69. The SMILES string of the molecule is Cc1ncc(S(=O)(=O)Nc2ccncn2)cc1Cl. The number of aryl methyl sites for hydroxylation is 1. The zero-order chi connectivity index (χ0) is 13.2. The zero-order valence-electron chi connectivity index (χ0n) is 9.33. The summed E-state index contributed by atoms with van der Waals surface area (Å²) in [6.07, 6.45) is 3.92. The highest BCUT2D eigenvalue weighted by atomic mass is 35.5. The van der Waals surface area contributed by atoms with Crippen molar-refractivity contribution in [1.29, 1.82) is 0 Å². The molecular weight excluding hydrogens is 276 g/mol. The van der Waals surface area contributed by atoms with E-state index >= 15 is 0 Å². The summed E-state index contributed by atoms with van der Waals surface area (Å²) in [5.41, 5.74) is 0.567. The third kappa shape index (κ3) is 2.74. The van der Waals surface area contributed by atoms with Crippen LogP contribution in [0.3, 0.4) is 0 Å². The Labute approximate surface area is 109 Å². The van der Waals surface area contributed by atoms with Crippen molar-refractivity contribution in [3.8, 4) is 0 Å². The zero-order valence-corrected chi connectivity index (χ0v) is 10.9. The van der Waals surface area contributed by atoms with Gasteiger partial charge in [0.05, 0.1) is 10.7 Å². The average Bonchev–Trinajstić information content (AvgIpc) is 2.33. The lowest BCUT2D eigenvalue weighted by Gasteiger charge is -2.07. The van der Waals surface area contributed by atoms with Gasteiger partial charge >= 0.3 is 0 Å². The van der Waals surface area contributed by atoms with Crippen LogP contribution in [0.5, 0.6) is 0 Å². The Bertz CT molecular complexity index is 661. The molecule has 2 heterocycles. The van der Waals surface area contributed by atoms with Gasteiger partial charge in [-0.3, -0.25) is 9.71 Å². The van der Waals surface area contributed by atoms with Crippen LogP contribution < -0.4 is 4.72 Å². The van der Waals surface area contributed by atoms with Crippen molar-refractivity contribution in [2.45, 2.75) is 11.8 Å². The summed E-state index contributed by atoms with van der Waals surface area (Å²) in [6, 6.07) is 2.79. The van der Waals surface area contributed by atoms with Crippen LogP contribution in [0.1, 0.15) is 5.69 Å². The summed E-state index contributed by atoms with van der Waals surface area (Å²) in [5, 5.41) is 0.292. The van der Waals surface area contributed by atoms with Crippen molar-refractivity contribution < 1.29 is 8.42 Å². The second-order valence-corrected chi connectivity index (χ2v) is 5.53. The Morgan fingerprint density at radius 2 is 2.11 bits per heavy atom. The van der Waals surface area contributed by atoms with Crippen LogP contribution in [-0.4, -0.2) is 23.4 Å². The largest absolute Gasteiger partial charge is 0.264 e. The monoisotopic (exact) mass is 284 g/mol. The minimum atomic E-state index is -3.74. The molecule has 6 nitrogen and oxygen atoms in total. The second-order valence-electron chi connectivity index (χ2n) is 3.44. The molecule has 0 radical (unpaired) electrons. The van der Waals surface area contributed by atoms with Gasteiger partial charge in [-0.15, -0.1) is 0 Å². The van der Waals surface area contributed by atoms with E-state index in [4.69, 9.17) is 11.6 Å². The highest BCUT2D eigenvalue weighted by Gasteiger charge is 2.16. The molecule has 0 aliphatic rings. The summed E-state index contributed by atoms with van der Waals surface area (Å²) < 4.78 is 26.3. The molecule has 0 unspecified atom stereocenters. The van der Waals surface area contributed by atoms with E-state index in [2.05, 4.69) is 19.7 Å². The van der Waals surface area contributed by atoms with Gasteiger partial charge in [0.2, 0.25) is 0 Å². The lowest BCUT2D eigenvalue weighted by molar-refractivity contribution is 0.600. The second kappa shape index (κ2) is 4.87. The Morgan fingerprint density at radius 3 is 2.72 bits per heavy atom. The molecule has 94 valence electrons. The molecule has 0 fully saturated rings. The van der Waals surface area contributed by atoms with Crippen LogP contribution in [0.15, 0.2) is 35.7 Å². The van der Waals surface area contributed by atoms with E-state index < -0.39 is 10.0 Å². The molecular formula is C10H9ClN4O2S. The molecule has 2 aromatic heterocycles. The predicted octanol–water partition coefficient (Wildman–Crippen LogP) is 1.63. The van der Waals surface area contributed by atoms with Crippen molar-refractivity contribution in [3.05, 3.63) is 41.6 Å². The van der Waals surface area contributed by atoms with Gasteiger partial charge in [-0.1, -0.05) is 11.6 Å². The smallest absolute Gasteiger partial charge is 0.263 e. The first-order chi connectivity index (χ1) is 8.49. The van der Waals surface area contributed by atoms with Gasteiger partial charge in [-0.25, -0.2) is 18.4 Å². The quantitative estimate of drug-likeness (QED) is 0.926. The van der Waals surface area contributed by atoms with E-state index in [0.717, 1.165) is 0 Å². The van der Waals surface area contributed by atoms with Gasteiger partial charge in [0.1, 0.15) is 17.0 Å². The lowest BCUT2D eigenvalue weighted by Crippen LogP contribution is -2.14. The van der Waals surface area contributed by atoms with Crippen molar-refractivity contribution in [1.82, 2.24) is 15.0 Å². The van der Waals surface area contributed by atoms with Crippen molar-refractivity contribution in [3.63, 3.8) is 0 Å². The Morgan fingerprint density at radius 1 is 1.33 bits per heavy atom.